The van der Waals surface area contributed by atoms with Gasteiger partial charge in [-0.05, 0) is 38.1 Å². The third kappa shape index (κ3) is 5.10. The van der Waals surface area contributed by atoms with Gasteiger partial charge in [-0.25, -0.2) is 4.39 Å². The first kappa shape index (κ1) is 16.5. The molecular formula is C17H17FN2O3. The molecule has 120 valence electrons. The van der Waals surface area contributed by atoms with Gasteiger partial charge in [0, 0.05) is 11.6 Å². The van der Waals surface area contributed by atoms with Gasteiger partial charge in [-0.2, -0.15) is 0 Å². The second-order valence-corrected chi connectivity index (χ2v) is 5.12. The zero-order chi connectivity index (χ0) is 16.8. The molecular weight excluding hydrogens is 299 g/mol. The van der Waals surface area contributed by atoms with Gasteiger partial charge in [0.1, 0.15) is 11.6 Å². The van der Waals surface area contributed by atoms with Gasteiger partial charge in [-0.15, -0.1) is 0 Å². The summed E-state index contributed by atoms with van der Waals surface area (Å²) in [5.74, 6) is -1.19. The Morgan fingerprint density at radius 2 is 1.74 bits per heavy atom. The Kier molecular flexibility index (Phi) is 5.30. The molecule has 0 unspecified atom stereocenters. The number of hydrazine groups is 1. The van der Waals surface area contributed by atoms with Crippen LogP contribution in [0, 0.1) is 19.7 Å². The molecule has 2 aromatic carbocycles. The minimum atomic E-state index is -0.549. The molecule has 0 atom stereocenters. The highest BCUT2D eigenvalue weighted by Gasteiger charge is 2.09. The lowest BCUT2D eigenvalue weighted by Crippen LogP contribution is -2.43. The van der Waals surface area contributed by atoms with E-state index >= 15 is 0 Å². The van der Waals surface area contributed by atoms with Crippen LogP contribution >= 0.6 is 0 Å². The number of benzene rings is 2. The topological polar surface area (TPSA) is 67.4 Å². The van der Waals surface area contributed by atoms with Gasteiger partial charge in [-0.3, -0.25) is 20.4 Å². The summed E-state index contributed by atoms with van der Waals surface area (Å²) in [7, 11) is 0. The number of hydrogen-bond donors (Lipinski definition) is 2. The molecule has 0 aliphatic rings. The fourth-order valence-electron chi connectivity index (χ4n) is 2.05. The predicted molar refractivity (Wildman–Crippen MR) is 83.4 cm³/mol. The minimum Gasteiger partial charge on any atom is -0.484 e. The highest BCUT2D eigenvalue weighted by atomic mass is 19.1. The van der Waals surface area contributed by atoms with Crippen molar-refractivity contribution in [1.29, 1.82) is 0 Å². The Bertz CT molecular complexity index is 711. The normalized spacial score (nSPS) is 10.0. The van der Waals surface area contributed by atoms with Crippen LogP contribution in [0.5, 0.6) is 5.75 Å². The van der Waals surface area contributed by atoms with Gasteiger partial charge in [0.15, 0.2) is 6.61 Å². The molecule has 0 bridgehead atoms. The first-order valence-electron chi connectivity index (χ1n) is 7.00. The van der Waals surface area contributed by atoms with Gasteiger partial charge < -0.3 is 4.74 Å². The fraction of sp³-hybridized carbons (Fsp3) is 0.176. The van der Waals surface area contributed by atoms with Crippen molar-refractivity contribution < 1.29 is 18.7 Å². The minimum absolute atomic E-state index is 0.237. The Morgan fingerprint density at radius 1 is 1.04 bits per heavy atom. The van der Waals surface area contributed by atoms with E-state index in [-0.39, 0.29) is 12.4 Å². The highest BCUT2D eigenvalue weighted by Crippen LogP contribution is 2.11. The number of halogens is 1. The van der Waals surface area contributed by atoms with Crippen molar-refractivity contribution in [3.05, 3.63) is 65.0 Å². The number of amides is 2. The van der Waals surface area contributed by atoms with Crippen LogP contribution < -0.4 is 15.6 Å². The van der Waals surface area contributed by atoms with E-state index in [1.54, 1.807) is 12.1 Å². The number of ether oxygens (including phenoxy) is 1. The van der Waals surface area contributed by atoms with Gasteiger partial charge in [-0.1, -0.05) is 23.3 Å². The molecule has 23 heavy (non-hydrogen) atoms. The Hall–Kier alpha value is -2.89. The fourth-order valence-corrected chi connectivity index (χ4v) is 2.05. The molecule has 2 aromatic rings. The maximum Gasteiger partial charge on any atom is 0.276 e. The number of carbonyl (C=O) groups excluding carboxylic acids is 2. The van der Waals surface area contributed by atoms with Crippen LogP contribution in [0.15, 0.2) is 42.5 Å². The van der Waals surface area contributed by atoms with E-state index in [0.29, 0.717) is 5.56 Å². The second-order valence-electron chi connectivity index (χ2n) is 5.12. The summed E-state index contributed by atoms with van der Waals surface area (Å²) >= 11 is 0. The molecule has 2 rings (SSSR count). The average molecular weight is 316 g/mol. The molecule has 0 aromatic heterocycles. The number of hydrogen-bond acceptors (Lipinski definition) is 3. The van der Waals surface area contributed by atoms with E-state index in [0.717, 1.165) is 11.1 Å². The molecule has 2 amide bonds. The Morgan fingerprint density at radius 3 is 2.39 bits per heavy atom. The average Bonchev–Trinajstić information content (AvgIpc) is 2.49. The van der Waals surface area contributed by atoms with Crippen molar-refractivity contribution in [2.45, 2.75) is 13.8 Å². The van der Waals surface area contributed by atoms with Crippen molar-refractivity contribution in [3.8, 4) is 5.75 Å². The summed E-state index contributed by atoms with van der Waals surface area (Å²) in [4.78, 5) is 23.6. The molecule has 0 spiro atoms. The molecule has 2 N–H and O–H groups in total. The zero-order valence-electron chi connectivity index (χ0n) is 12.9. The van der Waals surface area contributed by atoms with Crippen molar-refractivity contribution in [1.82, 2.24) is 10.9 Å². The summed E-state index contributed by atoms with van der Waals surface area (Å²) in [5, 5.41) is 0. The molecule has 5 nitrogen and oxygen atoms in total. The maximum atomic E-state index is 13.0. The van der Waals surface area contributed by atoms with Crippen LogP contribution in [0.3, 0.4) is 0 Å². The van der Waals surface area contributed by atoms with Crippen molar-refractivity contribution >= 4 is 11.8 Å². The van der Waals surface area contributed by atoms with E-state index in [4.69, 9.17) is 4.74 Å². The van der Waals surface area contributed by atoms with Crippen LogP contribution in [-0.2, 0) is 4.79 Å². The van der Waals surface area contributed by atoms with Gasteiger partial charge in [0.05, 0.1) is 0 Å². The molecule has 0 saturated carbocycles. The quantitative estimate of drug-likeness (QED) is 0.851. The number of aryl methyl sites for hydroxylation is 2. The van der Waals surface area contributed by atoms with Crippen molar-refractivity contribution in [2.75, 3.05) is 6.61 Å². The highest BCUT2D eigenvalue weighted by molar-refractivity contribution is 5.95. The first-order valence-corrected chi connectivity index (χ1v) is 7.00. The van der Waals surface area contributed by atoms with E-state index in [2.05, 4.69) is 10.9 Å². The van der Waals surface area contributed by atoms with Crippen LogP contribution in [0.25, 0.3) is 0 Å². The summed E-state index contributed by atoms with van der Waals surface area (Å²) in [6.45, 7) is 3.43. The summed E-state index contributed by atoms with van der Waals surface area (Å²) in [6, 6.07) is 10.8. The monoisotopic (exact) mass is 316 g/mol. The lowest BCUT2D eigenvalue weighted by Gasteiger charge is -2.09. The first-order chi connectivity index (χ1) is 10.9. The van der Waals surface area contributed by atoms with Crippen molar-refractivity contribution in [2.24, 2.45) is 0 Å². The maximum absolute atomic E-state index is 13.0. The standard InChI is InChI=1S/C17H17FN2O3/c1-11-6-12(2)8-13(7-11)17(22)20-19-16(21)10-23-15-5-3-4-14(18)9-15/h3-9H,10H2,1-2H3,(H,19,21)(H,20,22). The van der Waals surface area contributed by atoms with Crippen LogP contribution in [0.2, 0.25) is 0 Å². The van der Waals surface area contributed by atoms with Crippen LogP contribution in [-0.4, -0.2) is 18.4 Å². The van der Waals surface area contributed by atoms with Gasteiger partial charge >= 0.3 is 0 Å². The number of nitrogens with one attached hydrogen (secondary N) is 2. The zero-order valence-corrected chi connectivity index (χ0v) is 12.9. The van der Waals surface area contributed by atoms with Crippen LogP contribution in [0.1, 0.15) is 21.5 Å². The summed E-state index contributed by atoms with van der Waals surface area (Å²) in [6.07, 6.45) is 0. The van der Waals surface area contributed by atoms with Gasteiger partial charge in [0.2, 0.25) is 0 Å². The molecule has 0 radical (unpaired) electrons. The Balaban J connectivity index is 1.83. The third-order valence-electron chi connectivity index (χ3n) is 2.97. The lowest BCUT2D eigenvalue weighted by molar-refractivity contribution is -0.123. The van der Waals surface area contributed by atoms with Gasteiger partial charge in [0.25, 0.3) is 11.8 Å². The molecule has 0 saturated heterocycles. The van der Waals surface area contributed by atoms with Crippen LogP contribution in [0.4, 0.5) is 4.39 Å². The predicted octanol–water partition coefficient (Wildman–Crippen LogP) is 2.28. The van der Waals surface area contributed by atoms with E-state index in [9.17, 15) is 14.0 Å². The molecule has 0 aliphatic carbocycles. The second kappa shape index (κ2) is 7.40. The molecule has 0 aliphatic heterocycles. The number of carbonyl (C=O) groups is 2. The van der Waals surface area contributed by atoms with E-state index < -0.39 is 17.6 Å². The molecule has 6 heteroatoms. The lowest BCUT2D eigenvalue weighted by atomic mass is 10.1. The number of rotatable bonds is 4. The van der Waals surface area contributed by atoms with E-state index in [1.165, 1.54) is 24.3 Å². The molecule has 0 heterocycles. The molecule has 0 fully saturated rings. The van der Waals surface area contributed by atoms with E-state index in [1.807, 2.05) is 19.9 Å². The summed E-state index contributed by atoms with van der Waals surface area (Å²) < 4.78 is 18.1. The largest absolute Gasteiger partial charge is 0.484 e. The summed E-state index contributed by atoms with van der Waals surface area (Å²) in [5.41, 5.74) is 6.92. The Labute approximate surface area is 133 Å². The van der Waals surface area contributed by atoms with Crippen molar-refractivity contribution in [3.63, 3.8) is 0 Å². The smallest absolute Gasteiger partial charge is 0.276 e. The third-order valence-corrected chi connectivity index (χ3v) is 2.97. The SMILES string of the molecule is Cc1cc(C)cc(C(=O)NNC(=O)COc2cccc(F)c2)c1.